The van der Waals surface area contributed by atoms with Crippen molar-refractivity contribution in [2.24, 2.45) is 0 Å². The third kappa shape index (κ3) is 5.35. The fourth-order valence-electron chi connectivity index (χ4n) is 2.83. The van der Waals surface area contributed by atoms with E-state index in [4.69, 9.17) is 14.2 Å². The van der Waals surface area contributed by atoms with Crippen LogP contribution in [-0.2, 0) is 9.53 Å². The molecule has 1 fully saturated rings. The molecule has 1 heterocycles. The van der Waals surface area contributed by atoms with E-state index in [-0.39, 0.29) is 18.4 Å². The van der Waals surface area contributed by atoms with E-state index in [2.05, 4.69) is 0 Å². The number of hydrogen-bond acceptors (Lipinski definition) is 6. The highest BCUT2D eigenvalue weighted by molar-refractivity contribution is 5.95. The summed E-state index contributed by atoms with van der Waals surface area (Å²) in [4.78, 5) is 28.3. The molecule has 0 aromatic heterocycles. The minimum atomic E-state index is -0.222. The van der Waals surface area contributed by atoms with Gasteiger partial charge in [-0.3, -0.25) is 14.5 Å². The maximum Gasteiger partial charge on any atom is 0.320 e. The number of carbonyl (C=O) groups is 2. The van der Waals surface area contributed by atoms with Gasteiger partial charge in [0.25, 0.3) is 5.91 Å². The van der Waals surface area contributed by atoms with Gasteiger partial charge in [-0.2, -0.15) is 0 Å². The van der Waals surface area contributed by atoms with Crippen molar-refractivity contribution in [3.05, 3.63) is 23.8 Å². The normalized spacial score (nSPS) is 15.4. The molecule has 0 atom stereocenters. The molecule has 0 N–H and O–H groups in total. The smallest absolute Gasteiger partial charge is 0.320 e. The first kappa shape index (κ1) is 19.1. The molecule has 1 aliphatic rings. The van der Waals surface area contributed by atoms with E-state index in [1.54, 1.807) is 44.2 Å². The van der Waals surface area contributed by atoms with Gasteiger partial charge in [-0.15, -0.1) is 0 Å². The first-order valence-corrected chi connectivity index (χ1v) is 8.47. The molecule has 2 rings (SSSR count). The van der Waals surface area contributed by atoms with Crippen LogP contribution in [0.2, 0.25) is 0 Å². The van der Waals surface area contributed by atoms with E-state index < -0.39 is 0 Å². The highest BCUT2D eigenvalue weighted by atomic mass is 16.5. The molecule has 1 aromatic rings. The molecular formula is C18H26N2O5. The Hall–Kier alpha value is -2.28. The predicted molar refractivity (Wildman–Crippen MR) is 93.1 cm³/mol. The molecule has 0 unspecified atom stereocenters. The van der Waals surface area contributed by atoms with Gasteiger partial charge in [0.2, 0.25) is 0 Å². The van der Waals surface area contributed by atoms with Gasteiger partial charge in [0.05, 0.1) is 27.4 Å². The number of rotatable bonds is 6. The van der Waals surface area contributed by atoms with E-state index in [0.29, 0.717) is 43.3 Å². The van der Waals surface area contributed by atoms with Crippen molar-refractivity contribution in [1.82, 2.24) is 9.80 Å². The Bertz CT molecular complexity index is 583. The van der Waals surface area contributed by atoms with Crippen molar-refractivity contribution < 1.29 is 23.8 Å². The molecule has 7 heteroatoms. The SMILES string of the molecule is CCOC(=O)CN1CCCN(C(=O)c2cc(OC)cc(OC)c2)CC1. The van der Waals surface area contributed by atoms with E-state index >= 15 is 0 Å². The van der Waals surface area contributed by atoms with Crippen molar-refractivity contribution in [2.45, 2.75) is 13.3 Å². The Morgan fingerprint density at radius 1 is 1.00 bits per heavy atom. The molecule has 25 heavy (non-hydrogen) atoms. The van der Waals surface area contributed by atoms with Crippen LogP contribution in [-0.4, -0.2) is 75.2 Å². The van der Waals surface area contributed by atoms with Crippen LogP contribution in [0.3, 0.4) is 0 Å². The fourth-order valence-corrected chi connectivity index (χ4v) is 2.83. The van der Waals surface area contributed by atoms with Crippen LogP contribution in [0.5, 0.6) is 11.5 Å². The maximum atomic E-state index is 12.8. The quantitative estimate of drug-likeness (QED) is 0.723. The predicted octanol–water partition coefficient (Wildman–Crippen LogP) is 1.41. The lowest BCUT2D eigenvalue weighted by Crippen LogP contribution is -2.37. The van der Waals surface area contributed by atoms with Crippen LogP contribution >= 0.6 is 0 Å². The highest BCUT2D eigenvalue weighted by Crippen LogP contribution is 2.23. The summed E-state index contributed by atoms with van der Waals surface area (Å²) in [6, 6.07) is 5.17. The topological polar surface area (TPSA) is 68.3 Å². The average molecular weight is 350 g/mol. The third-order valence-electron chi connectivity index (χ3n) is 4.13. The second-order valence-electron chi connectivity index (χ2n) is 5.83. The van der Waals surface area contributed by atoms with Gasteiger partial charge < -0.3 is 19.1 Å². The summed E-state index contributed by atoms with van der Waals surface area (Å²) in [5, 5.41) is 0. The molecule has 1 aromatic carbocycles. The van der Waals surface area contributed by atoms with Crippen LogP contribution in [0.4, 0.5) is 0 Å². The molecule has 1 saturated heterocycles. The molecule has 1 amide bonds. The van der Waals surface area contributed by atoms with Gasteiger partial charge in [0, 0.05) is 37.8 Å². The average Bonchev–Trinajstić information content (AvgIpc) is 2.86. The van der Waals surface area contributed by atoms with Crippen molar-refractivity contribution >= 4 is 11.9 Å². The molecule has 7 nitrogen and oxygen atoms in total. The molecule has 0 saturated carbocycles. The molecule has 0 spiro atoms. The Kier molecular flexibility index (Phi) is 7.06. The summed E-state index contributed by atoms with van der Waals surface area (Å²) in [6.07, 6.45) is 0.812. The number of amides is 1. The Labute approximate surface area is 148 Å². The highest BCUT2D eigenvalue weighted by Gasteiger charge is 2.22. The largest absolute Gasteiger partial charge is 0.497 e. The molecule has 138 valence electrons. The lowest BCUT2D eigenvalue weighted by molar-refractivity contribution is -0.144. The first-order chi connectivity index (χ1) is 12.1. The van der Waals surface area contributed by atoms with Crippen LogP contribution in [0, 0.1) is 0 Å². The summed E-state index contributed by atoms with van der Waals surface area (Å²) in [5.41, 5.74) is 0.537. The van der Waals surface area contributed by atoms with Gasteiger partial charge in [-0.05, 0) is 25.5 Å². The number of benzene rings is 1. The standard InChI is InChI=1S/C18H26N2O5/c1-4-25-17(21)13-19-6-5-7-20(9-8-19)18(22)14-10-15(23-2)12-16(11-14)24-3/h10-12H,4-9,13H2,1-3H3. The maximum absolute atomic E-state index is 12.8. The van der Waals surface area contributed by atoms with Gasteiger partial charge >= 0.3 is 5.97 Å². The van der Waals surface area contributed by atoms with Gasteiger partial charge in [0.15, 0.2) is 0 Å². The molecule has 0 bridgehead atoms. The number of methoxy groups -OCH3 is 2. The number of esters is 1. The fraction of sp³-hybridized carbons (Fsp3) is 0.556. The second kappa shape index (κ2) is 9.27. The van der Waals surface area contributed by atoms with Crippen molar-refractivity contribution in [2.75, 3.05) is 53.6 Å². The van der Waals surface area contributed by atoms with Crippen LogP contribution in [0.1, 0.15) is 23.7 Å². The van der Waals surface area contributed by atoms with Gasteiger partial charge in [-0.25, -0.2) is 0 Å². The first-order valence-electron chi connectivity index (χ1n) is 8.47. The minimum Gasteiger partial charge on any atom is -0.497 e. The summed E-state index contributed by atoms with van der Waals surface area (Å²) in [5.74, 6) is 0.887. The van der Waals surface area contributed by atoms with E-state index in [1.807, 2.05) is 4.90 Å². The Morgan fingerprint density at radius 3 is 2.28 bits per heavy atom. The molecule has 0 radical (unpaired) electrons. The second-order valence-corrected chi connectivity index (χ2v) is 5.83. The summed E-state index contributed by atoms with van der Waals surface area (Å²) in [6.45, 7) is 5.08. The minimum absolute atomic E-state index is 0.0600. The zero-order valence-electron chi connectivity index (χ0n) is 15.1. The number of nitrogens with zero attached hydrogens (tertiary/aromatic N) is 2. The van der Waals surface area contributed by atoms with E-state index in [0.717, 1.165) is 13.0 Å². The van der Waals surface area contributed by atoms with E-state index in [9.17, 15) is 9.59 Å². The molecular weight excluding hydrogens is 324 g/mol. The zero-order chi connectivity index (χ0) is 18.2. The van der Waals surface area contributed by atoms with Crippen LogP contribution in [0.25, 0.3) is 0 Å². The molecule has 0 aliphatic carbocycles. The monoisotopic (exact) mass is 350 g/mol. The summed E-state index contributed by atoms with van der Waals surface area (Å²) >= 11 is 0. The zero-order valence-corrected chi connectivity index (χ0v) is 15.1. The van der Waals surface area contributed by atoms with Crippen LogP contribution in [0.15, 0.2) is 18.2 Å². The lowest BCUT2D eigenvalue weighted by Gasteiger charge is -2.22. The van der Waals surface area contributed by atoms with Crippen LogP contribution < -0.4 is 9.47 Å². The van der Waals surface area contributed by atoms with E-state index in [1.165, 1.54) is 0 Å². The Morgan fingerprint density at radius 2 is 1.68 bits per heavy atom. The number of carbonyl (C=O) groups excluding carboxylic acids is 2. The van der Waals surface area contributed by atoms with Gasteiger partial charge in [-0.1, -0.05) is 0 Å². The van der Waals surface area contributed by atoms with Crippen molar-refractivity contribution in [1.29, 1.82) is 0 Å². The number of ether oxygens (including phenoxy) is 3. The summed E-state index contributed by atoms with van der Waals surface area (Å²) in [7, 11) is 3.12. The number of hydrogen-bond donors (Lipinski definition) is 0. The lowest BCUT2D eigenvalue weighted by atomic mass is 10.1. The van der Waals surface area contributed by atoms with Crippen molar-refractivity contribution in [3.63, 3.8) is 0 Å². The third-order valence-corrected chi connectivity index (χ3v) is 4.13. The molecule has 1 aliphatic heterocycles. The Balaban J connectivity index is 2.02. The van der Waals surface area contributed by atoms with Gasteiger partial charge in [0.1, 0.15) is 11.5 Å². The summed E-state index contributed by atoms with van der Waals surface area (Å²) < 4.78 is 15.5. The van der Waals surface area contributed by atoms with Crippen molar-refractivity contribution in [3.8, 4) is 11.5 Å².